The predicted molar refractivity (Wildman–Crippen MR) is 166 cm³/mol. The number of hydrogen-bond acceptors (Lipinski definition) is 3. The van der Waals surface area contributed by atoms with Crippen LogP contribution in [-0.2, 0) is 20.1 Å². The van der Waals surface area contributed by atoms with E-state index in [2.05, 4.69) is 121 Å². The minimum atomic E-state index is 0. The predicted octanol–water partition coefficient (Wildman–Crippen LogP) is 8.45. The molecule has 0 spiro atoms. The van der Waals surface area contributed by atoms with E-state index in [1.165, 1.54) is 47.1 Å². The molecule has 0 bridgehead atoms. The van der Waals surface area contributed by atoms with Gasteiger partial charge in [-0.3, -0.25) is 0 Å². The number of fused-ring (bicyclic) bond motifs is 3. The molecule has 41 heavy (non-hydrogen) atoms. The zero-order valence-electron chi connectivity index (χ0n) is 23.0. The van der Waals surface area contributed by atoms with Crippen LogP contribution in [0.15, 0.2) is 110 Å². The molecule has 0 aliphatic heterocycles. The summed E-state index contributed by atoms with van der Waals surface area (Å²) in [6, 6.07) is 36.0. The average molecular weight is 773 g/mol. The van der Waals surface area contributed by atoms with E-state index in [1.54, 1.807) is 12.4 Å². The van der Waals surface area contributed by atoms with Gasteiger partial charge in [-0.2, -0.15) is 0 Å². The average Bonchev–Trinajstić information content (AvgIpc) is 3.38. The number of hydrogen-bond donors (Lipinski definition) is 0. The normalized spacial score (nSPS) is 10.6. The molecule has 0 aliphatic rings. The molecule has 3 aromatic carbocycles. The number of aromatic nitrogens is 3. The third-order valence-corrected chi connectivity index (χ3v) is 9.41. The Kier molecular flexibility index (Phi) is 9.02. The number of benzene rings is 3. The first kappa shape index (κ1) is 28.8. The van der Waals surface area contributed by atoms with Crippen LogP contribution >= 0.6 is 0 Å². The zero-order chi connectivity index (χ0) is 27.5. The van der Waals surface area contributed by atoms with Gasteiger partial charge in [0, 0.05) is 26.3 Å². The second-order valence-electron chi connectivity index (χ2n) is 9.78. The summed E-state index contributed by atoms with van der Waals surface area (Å²) in [6.07, 6.45) is 7.40. The molecule has 203 valence electrons. The summed E-state index contributed by atoms with van der Waals surface area (Å²) in [4.78, 5) is 13.1. The third kappa shape index (κ3) is 6.30. The topological polar surface area (TPSA) is 38.7 Å². The Bertz CT molecular complexity index is 1930. The van der Waals surface area contributed by atoms with Crippen LogP contribution in [-0.4, -0.2) is 29.5 Å². The summed E-state index contributed by atoms with van der Waals surface area (Å²) >= 11 is 0.388. The second-order valence-corrected chi connectivity index (χ2v) is 12.1. The summed E-state index contributed by atoms with van der Waals surface area (Å²) in [5.74, 6) is 0. The molecule has 0 amide bonds. The van der Waals surface area contributed by atoms with Gasteiger partial charge in [0.15, 0.2) is 0 Å². The molecule has 0 fully saturated rings. The first-order chi connectivity index (χ1) is 19.6. The maximum absolute atomic E-state index is 4.56. The molecule has 5 heteroatoms. The van der Waals surface area contributed by atoms with Gasteiger partial charge >= 0.3 is 116 Å². The van der Waals surface area contributed by atoms with Gasteiger partial charge in [-0.05, 0) is 30.7 Å². The Labute approximate surface area is 260 Å². The quantitative estimate of drug-likeness (QED) is 0.134. The summed E-state index contributed by atoms with van der Waals surface area (Å²) in [5.41, 5.74) is 10.2. The van der Waals surface area contributed by atoms with Crippen molar-refractivity contribution in [2.75, 3.05) is 0 Å². The molecule has 0 saturated carbocycles. The molecule has 4 heterocycles. The van der Waals surface area contributed by atoms with Crippen molar-refractivity contribution in [3.05, 3.63) is 139 Å². The van der Waals surface area contributed by atoms with Gasteiger partial charge in [0.2, 0.25) is 0 Å². The van der Waals surface area contributed by atoms with Crippen LogP contribution in [0.5, 0.6) is 0 Å². The van der Waals surface area contributed by atoms with E-state index >= 15 is 0 Å². The van der Waals surface area contributed by atoms with Gasteiger partial charge in [0.1, 0.15) is 0 Å². The molecule has 0 N–H and O–H groups in total. The molecular formula is C36H27IrN3Se-2. The molecule has 0 saturated heterocycles. The van der Waals surface area contributed by atoms with Gasteiger partial charge in [0.05, 0.1) is 0 Å². The van der Waals surface area contributed by atoms with Gasteiger partial charge in [-0.1, -0.05) is 54.4 Å². The molecule has 0 aliphatic carbocycles. The van der Waals surface area contributed by atoms with Crippen LogP contribution in [0.4, 0.5) is 0 Å². The molecule has 1 radical (unpaired) electrons. The third-order valence-electron chi connectivity index (χ3n) is 7.05. The standard InChI is InChI=1S/C20H18N.C16H9N2Se.Ir/c1-14-9-10-18(20-11-15(2)16(3)13-21-20)12-19(14)17-7-5-4-6-8-17;1-2-4-15-12(3-1)13-9-14(18-10-16(13)19-15)11-5-7-17-8-6-11;/h4-9,11-13H,1-3H3;1-5,7-10H;/q2*-1;. The minimum absolute atomic E-state index is 0. The molecule has 7 aromatic rings. The number of rotatable bonds is 3. The van der Waals surface area contributed by atoms with Crippen molar-refractivity contribution in [1.29, 1.82) is 0 Å². The van der Waals surface area contributed by atoms with Crippen molar-refractivity contribution in [3.8, 4) is 33.6 Å². The van der Waals surface area contributed by atoms with Crippen molar-refractivity contribution in [3.63, 3.8) is 0 Å². The van der Waals surface area contributed by atoms with Crippen LogP contribution < -0.4 is 0 Å². The Morgan fingerprint density at radius 1 is 0.634 bits per heavy atom. The van der Waals surface area contributed by atoms with Gasteiger partial charge in [-0.25, -0.2) is 0 Å². The molecule has 0 atom stereocenters. The Balaban J connectivity index is 0.000000161. The SMILES string of the molecule is Cc1cnc(-c2[c-]cc(C)c(-c3ccccc3)c2)cc1C.[Ir].[c-]1cnccc1-c1cc2c(cn1)[se]c1ccccc12. The molecule has 0 unspecified atom stereocenters. The van der Waals surface area contributed by atoms with E-state index in [9.17, 15) is 0 Å². The molecular weight excluding hydrogens is 746 g/mol. The summed E-state index contributed by atoms with van der Waals surface area (Å²) in [6.45, 7) is 6.32. The molecule has 4 aromatic heterocycles. The van der Waals surface area contributed by atoms with Crippen LogP contribution in [0.2, 0.25) is 0 Å². The summed E-state index contributed by atoms with van der Waals surface area (Å²) < 4.78 is 2.81. The van der Waals surface area contributed by atoms with Crippen molar-refractivity contribution >= 4 is 33.8 Å². The van der Waals surface area contributed by atoms with Crippen LogP contribution in [0.1, 0.15) is 16.7 Å². The van der Waals surface area contributed by atoms with Crippen LogP contribution in [0.25, 0.3) is 52.9 Å². The first-order valence-electron chi connectivity index (χ1n) is 13.2. The Hall–Kier alpha value is -3.72. The first-order valence-corrected chi connectivity index (χ1v) is 14.9. The zero-order valence-corrected chi connectivity index (χ0v) is 27.1. The molecule has 7 rings (SSSR count). The van der Waals surface area contributed by atoms with Crippen LogP contribution in [0, 0.1) is 32.9 Å². The summed E-state index contributed by atoms with van der Waals surface area (Å²) in [7, 11) is 0. The Morgan fingerprint density at radius 3 is 2.17 bits per heavy atom. The van der Waals surface area contributed by atoms with Gasteiger partial charge in [0.25, 0.3) is 0 Å². The van der Waals surface area contributed by atoms with E-state index in [-0.39, 0.29) is 20.1 Å². The summed E-state index contributed by atoms with van der Waals surface area (Å²) in [5, 5.41) is 2.68. The fraction of sp³-hybridized carbons (Fsp3) is 0.0833. The van der Waals surface area contributed by atoms with Crippen molar-refractivity contribution in [1.82, 2.24) is 15.0 Å². The maximum atomic E-state index is 4.56. The van der Waals surface area contributed by atoms with E-state index in [1.807, 2.05) is 24.5 Å². The second kappa shape index (κ2) is 12.8. The van der Waals surface area contributed by atoms with Gasteiger partial charge < -0.3 is 4.98 Å². The van der Waals surface area contributed by atoms with Gasteiger partial charge in [-0.15, -0.1) is 29.3 Å². The van der Waals surface area contributed by atoms with E-state index < -0.39 is 0 Å². The van der Waals surface area contributed by atoms with E-state index in [0.29, 0.717) is 14.5 Å². The van der Waals surface area contributed by atoms with Crippen molar-refractivity contribution in [2.24, 2.45) is 0 Å². The fourth-order valence-corrected chi connectivity index (χ4v) is 6.88. The van der Waals surface area contributed by atoms with E-state index in [4.69, 9.17) is 0 Å². The van der Waals surface area contributed by atoms with Crippen LogP contribution in [0.3, 0.4) is 0 Å². The number of aryl methyl sites for hydroxylation is 3. The Morgan fingerprint density at radius 2 is 1.39 bits per heavy atom. The van der Waals surface area contributed by atoms with Crippen molar-refractivity contribution in [2.45, 2.75) is 20.8 Å². The number of pyridine rings is 3. The fourth-order valence-electron chi connectivity index (χ4n) is 4.67. The van der Waals surface area contributed by atoms with Crippen molar-refractivity contribution < 1.29 is 20.1 Å². The number of nitrogens with zero attached hydrogens (tertiary/aromatic N) is 3. The van der Waals surface area contributed by atoms with E-state index in [0.717, 1.165) is 22.5 Å². The molecule has 3 nitrogen and oxygen atoms in total. The monoisotopic (exact) mass is 774 g/mol.